The van der Waals surface area contributed by atoms with Crippen molar-refractivity contribution in [1.82, 2.24) is 4.98 Å². The molecule has 0 N–H and O–H groups in total. The summed E-state index contributed by atoms with van der Waals surface area (Å²) in [7, 11) is 1.39. The zero-order valence-electron chi connectivity index (χ0n) is 13.8. The second-order valence-electron chi connectivity index (χ2n) is 5.42. The fourth-order valence-electron chi connectivity index (χ4n) is 2.43. The van der Waals surface area contributed by atoms with Gasteiger partial charge in [-0.25, -0.2) is 4.98 Å². The molecule has 0 spiro atoms. The first-order valence-electron chi connectivity index (χ1n) is 7.78. The molecule has 3 aromatic rings. The number of benzene rings is 2. The Morgan fingerprint density at radius 1 is 0.885 bits per heavy atom. The van der Waals surface area contributed by atoms with Crippen LogP contribution in [0.5, 0.6) is 5.75 Å². The Hall–Kier alpha value is -3.26. The number of rotatable bonds is 2. The van der Waals surface area contributed by atoms with Crippen molar-refractivity contribution in [3.63, 3.8) is 0 Å². The zero-order valence-corrected chi connectivity index (χ0v) is 13.8. The first-order valence-corrected chi connectivity index (χ1v) is 7.78. The number of pyridine rings is 1. The van der Waals surface area contributed by atoms with E-state index in [0.29, 0.717) is 11.1 Å². The summed E-state index contributed by atoms with van der Waals surface area (Å²) in [5.74, 6) is 5.87. The molecule has 0 saturated carbocycles. The Bertz CT molecular complexity index is 956. The molecule has 1 heterocycles. The fourth-order valence-corrected chi connectivity index (χ4v) is 2.43. The van der Waals surface area contributed by atoms with Crippen molar-refractivity contribution in [2.45, 2.75) is 6.18 Å². The molecule has 0 aliphatic heterocycles. The quantitative estimate of drug-likeness (QED) is 0.593. The van der Waals surface area contributed by atoms with Gasteiger partial charge in [0.2, 0.25) is 0 Å². The lowest BCUT2D eigenvalue weighted by molar-refractivity contribution is -0.141. The molecular formula is C21H14F3NO. The summed E-state index contributed by atoms with van der Waals surface area (Å²) in [6, 6.07) is 18.5. The highest BCUT2D eigenvalue weighted by atomic mass is 19.4. The molecule has 0 unspecified atom stereocenters. The van der Waals surface area contributed by atoms with Crippen LogP contribution >= 0.6 is 0 Å². The van der Waals surface area contributed by atoms with Gasteiger partial charge in [0.1, 0.15) is 11.4 Å². The summed E-state index contributed by atoms with van der Waals surface area (Å²) in [5.41, 5.74) is 0.465. The average molecular weight is 353 g/mol. The van der Waals surface area contributed by atoms with E-state index in [2.05, 4.69) is 16.8 Å². The maximum Gasteiger partial charge on any atom is 0.433 e. The van der Waals surface area contributed by atoms with Crippen molar-refractivity contribution in [1.29, 1.82) is 0 Å². The highest BCUT2D eigenvalue weighted by molar-refractivity contribution is 5.71. The van der Waals surface area contributed by atoms with Gasteiger partial charge in [0.15, 0.2) is 5.75 Å². The number of aromatic nitrogens is 1. The lowest BCUT2D eigenvalue weighted by Crippen LogP contribution is -2.10. The van der Waals surface area contributed by atoms with Crippen LogP contribution in [0, 0.1) is 11.8 Å². The van der Waals surface area contributed by atoms with Crippen LogP contribution in [0.4, 0.5) is 13.2 Å². The predicted molar refractivity (Wildman–Crippen MR) is 93.6 cm³/mol. The summed E-state index contributed by atoms with van der Waals surface area (Å²) >= 11 is 0. The topological polar surface area (TPSA) is 22.1 Å². The van der Waals surface area contributed by atoms with Crippen LogP contribution < -0.4 is 4.74 Å². The lowest BCUT2D eigenvalue weighted by atomic mass is 10.1. The van der Waals surface area contributed by atoms with Gasteiger partial charge in [0.25, 0.3) is 0 Å². The molecule has 0 atom stereocenters. The number of methoxy groups -OCH3 is 1. The van der Waals surface area contributed by atoms with Gasteiger partial charge in [-0.2, -0.15) is 13.2 Å². The molecule has 0 fully saturated rings. The monoisotopic (exact) mass is 353 g/mol. The summed E-state index contributed by atoms with van der Waals surface area (Å²) in [4.78, 5) is 3.78. The third-order valence-electron chi connectivity index (χ3n) is 3.63. The summed E-state index contributed by atoms with van der Waals surface area (Å²) in [6.45, 7) is 0. The molecule has 0 radical (unpaired) electrons. The minimum Gasteiger partial charge on any atom is -0.493 e. The first kappa shape index (κ1) is 17.6. The summed E-state index contributed by atoms with van der Waals surface area (Å²) < 4.78 is 45.3. The van der Waals surface area contributed by atoms with Crippen LogP contribution in [0.1, 0.15) is 16.8 Å². The highest BCUT2D eigenvalue weighted by Crippen LogP contribution is 2.36. The molecule has 3 rings (SSSR count). The van der Waals surface area contributed by atoms with Crippen LogP contribution in [-0.4, -0.2) is 12.1 Å². The largest absolute Gasteiger partial charge is 0.493 e. The van der Waals surface area contributed by atoms with E-state index in [1.165, 1.54) is 7.11 Å². The molecule has 26 heavy (non-hydrogen) atoms. The number of halogens is 3. The average Bonchev–Trinajstić information content (AvgIpc) is 2.66. The second-order valence-corrected chi connectivity index (χ2v) is 5.42. The van der Waals surface area contributed by atoms with Gasteiger partial charge in [0, 0.05) is 11.1 Å². The van der Waals surface area contributed by atoms with Crippen LogP contribution in [0.15, 0.2) is 66.7 Å². The van der Waals surface area contributed by atoms with Crippen molar-refractivity contribution in [2.24, 2.45) is 0 Å². The Labute approximate surface area is 149 Å². The van der Waals surface area contributed by atoms with Gasteiger partial charge in [-0.05, 0) is 18.2 Å². The number of nitrogens with zero attached hydrogens (tertiary/aromatic N) is 1. The molecule has 0 aliphatic rings. The van der Waals surface area contributed by atoms with E-state index >= 15 is 0 Å². The molecule has 2 nitrogen and oxygen atoms in total. The molecule has 0 amide bonds. The number of alkyl halides is 3. The van der Waals surface area contributed by atoms with Gasteiger partial charge in [-0.3, -0.25) is 0 Å². The highest BCUT2D eigenvalue weighted by Gasteiger charge is 2.34. The van der Waals surface area contributed by atoms with E-state index in [9.17, 15) is 13.2 Å². The summed E-state index contributed by atoms with van der Waals surface area (Å²) in [5, 5.41) is 0. The second kappa shape index (κ2) is 7.32. The standard InChI is InChI=1S/C21H14F3NO/c1-26-20-17(13-12-15-8-4-2-5-9-15)14-18(21(22,23)24)25-19(20)16-10-6-3-7-11-16/h2-11,14H,1H3. The molecule has 130 valence electrons. The van der Waals surface area contributed by atoms with Gasteiger partial charge < -0.3 is 4.74 Å². The fraction of sp³-hybridized carbons (Fsp3) is 0.0952. The Balaban J connectivity index is 2.21. The van der Waals surface area contributed by atoms with Crippen molar-refractivity contribution in [3.8, 4) is 28.8 Å². The van der Waals surface area contributed by atoms with Gasteiger partial charge >= 0.3 is 6.18 Å². The Morgan fingerprint density at radius 3 is 2.08 bits per heavy atom. The first-order chi connectivity index (χ1) is 12.5. The maximum absolute atomic E-state index is 13.3. The van der Waals surface area contributed by atoms with E-state index in [0.717, 1.165) is 6.07 Å². The molecule has 5 heteroatoms. The van der Waals surface area contributed by atoms with Crippen molar-refractivity contribution >= 4 is 0 Å². The number of hydrogen-bond donors (Lipinski definition) is 0. The van der Waals surface area contributed by atoms with Crippen molar-refractivity contribution in [2.75, 3.05) is 7.11 Å². The van der Waals surface area contributed by atoms with Crippen LogP contribution in [0.3, 0.4) is 0 Å². The SMILES string of the molecule is COc1c(C#Cc2ccccc2)cc(C(F)(F)F)nc1-c1ccccc1. The minimum atomic E-state index is -4.58. The van der Waals surface area contributed by atoms with Crippen molar-refractivity contribution in [3.05, 3.63) is 83.6 Å². The molecule has 0 bridgehead atoms. The summed E-state index contributed by atoms with van der Waals surface area (Å²) in [6.07, 6.45) is -4.58. The minimum absolute atomic E-state index is 0.111. The van der Waals surface area contributed by atoms with Gasteiger partial charge in [-0.1, -0.05) is 60.4 Å². The van der Waals surface area contributed by atoms with E-state index < -0.39 is 11.9 Å². The van der Waals surface area contributed by atoms with Crippen LogP contribution in [-0.2, 0) is 6.18 Å². The van der Waals surface area contributed by atoms with Crippen LogP contribution in [0.25, 0.3) is 11.3 Å². The van der Waals surface area contributed by atoms with Gasteiger partial charge in [0.05, 0.1) is 12.7 Å². The normalized spacial score (nSPS) is 10.8. The maximum atomic E-state index is 13.3. The Kier molecular flexibility index (Phi) is 4.94. The van der Waals surface area contributed by atoms with E-state index in [1.54, 1.807) is 42.5 Å². The third kappa shape index (κ3) is 3.86. The Morgan fingerprint density at radius 2 is 1.50 bits per heavy atom. The molecular weight excluding hydrogens is 339 g/mol. The molecule has 1 aromatic heterocycles. The third-order valence-corrected chi connectivity index (χ3v) is 3.63. The lowest BCUT2D eigenvalue weighted by Gasteiger charge is -2.14. The zero-order chi connectivity index (χ0) is 18.6. The van der Waals surface area contributed by atoms with Crippen molar-refractivity contribution < 1.29 is 17.9 Å². The smallest absolute Gasteiger partial charge is 0.433 e. The number of ether oxygens (including phenoxy) is 1. The van der Waals surface area contributed by atoms with Gasteiger partial charge in [-0.15, -0.1) is 0 Å². The van der Waals surface area contributed by atoms with E-state index in [-0.39, 0.29) is 17.0 Å². The molecule has 0 saturated heterocycles. The number of hydrogen-bond acceptors (Lipinski definition) is 2. The van der Waals surface area contributed by atoms with E-state index in [1.807, 2.05) is 18.2 Å². The van der Waals surface area contributed by atoms with E-state index in [4.69, 9.17) is 4.74 Å². The molecule has 0 aliphatic carbocycles. The van der Waals surface area contributed by atoms with Crippen LogP contribution in [0.2, 0.25) is 0 Å². The molecule has 2 aromatic carbocycles. The predicted octanol–water partition coefficient (Wildman–Crippen LogP) is 5.18.